The predicted molar refractivity (Wildman–Crippen MR) is 86.7 cm³/mol. The summed E-state index contributed by atoms with van der Waals surface area (Å²) >= 11 is 0. The highest BCUT2D eigenvalue weighted by molar-refractivity contribution is 5.87. The van der Waals surface area contributed by atoms with Gasteiger partial charge in [0.25, 0.3) is 0 Å². The Hall–Kier alpha value is -2.76. The summed E-state index contributed by atoms with van der Waals surface area (Å²) in [5.74, 6) is -0.402. The number of carboxylic acids is 1. The van der Waals surface area contributed by atoms with Crippen LogP contribution in [0.25, 0.3) is 0 Å². The molecule has 1 aromatic rings. The maximum atomic E-state index is 11.5. The van der Waals surface area contributed by atoms with E-state index in [0.29, 0.717) is 12.2 Å². The number of hydrogen-bond acceptors (Lipinski definition) is 4. The molecule has 6 nitrogen and oxygen atoms in total. The molecule has 0 aromatic heterocycles. The van der Waals surface area contributed by atoms with Crippen LogP contribution in [0.3, 0.4) is 0 Å². The van der Waals surface area contributed by atoms with Crippen molar-refractivity contribution in [1.29, 1.82) is 0 Å². The van der Waals surface area contributed by atoms with Crippen molar-refractivity contribution < 1.29 is 24.2 Å². The highest BCUT2D eigenvalue weighted by atomic mass is 16.5. The van der Waals surface area contributed by atoms with Crippen LogP contribution >= 0.6 is 0 Å². The van der Waals surface area contributed by atoms with Crippen molar-refractivity contribution in [1.82, 2.24) is 5.32 Å². The zero-order valence-electron chi connectivity index (χ0n) is 12.9. The molecule has 1 unspecified atom stereocenters. The van der Waals surface area contributed by atoms with E-state index in [4.69, 9.17) is 14.6 Å². The zero-order chi connectivity index (χ0) is 17.1. The van der Waals surface area contributed by atoms with E-state index in [-0.39, 0.29) is 31.2 Å². The quantitative estimate of drug-likeness (QED) is 0.512. The molecule has 0 aliphatic heterocycles. The second-order valence-corrected chi connectivity index (χ2v) is 4.72. The number of carbonyl (C=O) groups is 2. The van der Waals surface area contributed by atoms with Crippen LogP contribution in [0, 0.1) is 5.92 Å². The first-order valence-corrected chi connectivity index (χ1v) is 7.17. The van der Waals surface area contributed by atoms with Crippen LogP contribution in [0.1, 0.15) is 16.8 Å². The maximum absolute atomic E-state index is 11.5. The van der Waals surface area contributed by atoms with E-state index in [1.807, 2.05) is 0 Å². The molecule has 0 aliphatic carbocycles. The summed E-state index contributed by atoms with van der Waals surface area (Å²) in [6.45, 7) is 8.07. The van der Waals surface area contributed by atoms with Gasteiger partial charge in [-0.2, -0.15) is 0 Å². The van der Waals surface area contributed by atoms with E-state index in [0.717, 1.165) is 0 Å². The number of aromatic carboxylic acids is 1. The lowest BCUT2D eigenvalue weighted by molar-refractivity contribution is 0.0696. The molecule has 23 heavy (non-hydrogen) atoms. The average Bonchev–Trinajstić information content (AvgIpc) is 2.55. The lowest BCUT2D eigenvalue weighted by atomic mass is 10.1. The Morgan fingerprint density at radius 2 is 1.96 bits per heavy atom. The molecular formula is C17H21NO5. The minimum absolute atomic E-state index is 0.0576. The Labute approximate surface area is 135 Å². The van der Waals surface area contributed by atoms with Crippen LogP contribution in [0.4, 0.5) is 4.79 Å². The standard InChI is InChI=1S/C17H21NO5/c1-3-5-13(4-2)12-23-17(21)18-10-11-22-15-8-6-14(7-9-15)16(19)20/h3-4,6-9,13H,1-2,5,10-12H2,(H,18,21)(H,19,20). The van der Waals surface area contributed by atoms with Gasteiger partial charge in [0.2, 0.25) is 0 Å². The molecule has 0 saturated heterocycles. The van der Waals surface area contributed by atoms with Crippen LogP contribution < -0.4 is 10.1 Å². The van der Waals surface area contributed by atoms with Gasteiger partial charge in [-0.15, -0.1) is 13.2 Å². The number of allylic oxidation sites excluding steroid dienone is 1. The first-order chi connectivity index (χ1) is 11.1. The maximum Gasteiger partial charge on any atom is 0.407 e. The van der Waals surface area contributed by atoms with Gasteiger partial charge in [-0.05, 0) is 30.7 Å². The molecule has 124 valence electrons. The van der Waals surface area contributed by atoms with Gasteiger partial charge in [0, 0.05) is 5.92 Å². The van der Waals surface area contributed by atoms with Crippen molar-refractivity contribution in [3.8, 4) is 5.75 Å². The second-order valence-electron chi connectivity index (χ2n) is 4.72. The van der Waals surface area contributed by atoms with Gasteiger partial charge in [-0.3, -0.25) is 0 Å². The molecule has 0 bridgehead atoms. The molecule has 1 atom stereocenters. The second kappa shape index (κ2) is 10.0. The number of carbonyl (C=O) groups excluding carboxylic acids is 1. The van der Waals surface area contributed by atoms with E-state index in [1.54, 1.807) is 24.3 Å². The topological polar surface area (TPSA) is 84.9 Å². The number of nitrogens with one attached hydrogen (secondary N) is 1. The van der Waals surface area contributed by atoms with Crippen LogP contribution in [-0.4, -0.2) is 36.9 Å². The molecule has 6 heteroatoms. The fourth-order valence-electron chi connectivity index (χ4n) is 1.70. The molecule has 1 aromatic carbocycles. The van der Waals surface area contributed by atoms with Crippen molar-refractivity contribution in [3.05, 3.63) is 55.1 Å². The van der Waals surface area contributed by atoms with Gasteiger partial charge in [0.05, 0.1) is 18.7 Å². The fraction of sp³-hybridized carbons (Fsp3) is 0.294. The normalized spacial score (nSPS) is 11.1. The average molecular weight is 319 g/mol. The summed E-state index contributed by atoms with van der Waals surface area (Å²) in [4.78, 5) is 22.2. The van der Waals surface area contributed by atoms with E-state index in [1.165, 1.54) is 12.1 Å². The molecule has 0 spiro atoms. The molecule has 1 rings (SSSR count). The monoisotopic (exact) mass is 319 g/mol. The SMILES string of the molecule is C=CCC(C=C)COC(=O)NCCOc1ccc(C(=O)O)cc1. The van der Waals surface area contributed by atoms with Crippen molar-refractivity contribution in [2.24, 2.45) is 5.92 Å². The summed E-state index contributed by atoms with van der Waals surface area (Å²) in [6.07, 6.45) is 3.65. The van der Waals surface area contributed by atoms with Crippen LogP contribution in [0.15, 0.2) is 49.6 Å². The van der Waals surface area contributed by atoms with Gasteiger partial charge in [-0.1, -0.05) is 12.2 Å². The molecule has 0 saturated carbocycles. The van der Waals surface area contributed by atoms with Crippen LogP contribution in [0.2, 0.25) is 0 Å². The number of hydrogen-bond donors (Lipinski definition) is 2. The Morgan fingerprint density at radius 1 is 1.26 bits per heavy atom. The summed E-state index contributed by atoms with van der Waals surface area (Å²) in [5.41, 5.74) is 0.190. The van der Waals surface area contributed by atoms with Gasteiger partial charge >= 0.3 is 12.1 Å². The number of alkyl carbamates (subject to hydrolysis) is 1. The van der Waals surface area contributed by atoms with E-state index >= 15 is 0 Å². The third-order valence-electron chi connectivity index (χ3n) is 2.97. The minimum Gasteiger partial charge on any atom is -0.492 e. The number of carboxylic acid groups (broad SMARTS) is 1. The molecule has 0 heterocycles. The molecule has 0 fully saturated rings. The van der Waals surface area contributed by atoms with Crippen LogP contribution in [0.5, 0.6) is 5.75 Å². The smallest absolute Gasteiger partial charge is 0.407 e. The van der Waals surface area contributed by atoms with Crippen molar-refractivity contribution >= 4 is 12.1 Å². The zero-order valence-corrected chi connectivity index (χ0v) is 12.9. The largest absolute Gasteiger partial charge is 0.492 e. The van der Waals surface area contributed by atoms with Gasteiger partial charge in [-0.25, -0.2) is 9.59 Å². The number of ether oxygens (including phenoxy) is 2. The Balaban J connectivity index is 2.21. The van der Waals surface area contributed by atoms with E-state index in [9.17, 15) is 9.59 Å². The number of amides is 1. The molecule has 2 N–H and O–H groups in total. The van der Waals surface area contributed by atoms with Gasteiger partial charge in [0.15, 0.2) is 0 Å². The van der Waals surface area contributed by atoms with Gasteiger partial charge < -0.3 is 19.9 Å². The fourth-order valence-corrected chi connectivity index (χ4v) is 1.70. The highest BCUT2D eigenvalue weighted by Gasteiger charge is 2.07. The van der Waals surface area contributed by atoms with Gasteiger partial charge in [0.1, 0.15) is 12.4 Å². The minimum atomic E-state index is -0.991. The number of benzene rings is 1. The summed E-state index contributed by atoms with van der Waals surface area (Å²) in [5, 5.41) is 11.3. The molecular weight excluding hydrogens is 298 g/mol. The lowest BCUT2D eigenvalue weighted by Gasteiger charge is -2.12. The third kappa shape index (κ3) is 7.17. The molecule has 0 aliphatic rings. The summed E-state index contributed by atoms with van der Waals surface area (Å²) in [6, 6.07) is 6.03. The van der Waals surface area contributed by atoms with E-state index in [2.05, 4.69) is 18.5 Å². The Bertz CT molecular complexity index is 538. The predicted octanol–water partition coefficient (Wildman–Crippen LogP) is 2.87. The number of rotatable bonds is 10. The molecule has 0 radical (unpaired) electrons. The highest BCUT2D eigenvalue weighted by Crippen LogP contribution is 2.11. The van der Waals surface area contributed by atoms with E-state index < -0.39 is 12.1 Å². The Kier molecular flexibility index (Phi) is 7.99. The summed E-state index contributed by atoms with van der Waals surface area (Å²) < 4.78 is 10.4. The first kappa shape index (κ1) is 18.3. The van der Waals surface area contributed by atoms with Crippen LogP contribution in [-0.2, 0) is 4.74 Å². The first-order valence-electron chi connectivity index (χ1n) is 7.17. The van der Waals surface area contributed by atoms with Crippen molar-refractivity contribution in [3.63, 3.8) is 0 Å². The van der Waals surface area contributed by atoms with Crippen molar-refractivity contribution in [2.75, 3.05) is 19.8 Å². The summed E-state index contributed by atoms with van der Waals surface area (Å²) in [7, 11) is 0. The van der Waals surface area contributed by atoms with Crippen molar-refractivity contribution in [2.45, 2.75) is 6.42 Å². The lowest BCUT2D eigenvalue weighted by Crippen LogP contribution is -2.30. The Morgan fingerprint density at radius 3 is 2.52 bits per heavy atom. The molecule has 1 amide bonds. The third-order valence-corrected chi connectivity index (χ3v) is 2.97.